The topological polar surface area (TPSA) is 12.0 Å². The highest BCUT2D eigenvalue weighted by molar-refractivity contribution is 6.30. The lowest BCUT2D eigenvalue weighted by molar-refractivity contribution is 0.300. The van der Waals surface area contributed by atoms with Crippen molar-refractivity contribution in [3.63, 3.8) is 0 Å². The van der Waals surface area contributed by atoms with Gasteiger partial charge in [-0.1, -0.05) is 31.5 Å². The second-order valence-electron chi connectivity index (χ2n) is 5.33. The van der Waals surface area contributed by atoms with Crippen molar-refractivity contribution in [1.29, 1.82) is 0 Å². The summed E-state index contributed by atoms with van der Waals surface area (Å²) >= 11 is 5.81. The second-order valence-corrected chi connectivity index (χ2v) is 5.77. The fourth-order valence-corrected chi connectivity index (χ4v) is 3.05. The van der Waals surface area contributed by atoms with Gasteiger partial charge in [-0.05, 0) is 43.9 Å². The van der Waals surface area contributed by atoms with Gasteiger partial charge in [0.25, 0.3) is 0 Å². The molecule has 0 aliphatic carbocycles. The predicted octanol–water partition coefficient (Wildman–Crippen LogP) is 4.10. The molecule has 1 atom stereocenters. The predicted molar refractivity (Wildman–Crippen MR) is 69.8 cm³/mol. The van der Waals surface area contributed by atoms with Crippen molar-refractivity contribution in [1.82, 2.24) is 5.32 Å². The lowest BCUT2D eigenvalue weighted by atomic mass is 9.81. The Morgan fingerprint density at radius 3 is 2.76 bits per heavy atom. The molecular weight excluding hydrogens is 237 g/mol. The van der Waals surface area contributed by atoms with Gasteiger partial charge in [0.05, 0.1) is 0 Å². The molecule has 0 saturated carbocycles. The smallest absolute Gasteiger partial charge is 0.129 e. The van der Waals surface area contributed by atoms with E-state index in [4.69, 9.17) is 11.6 Å². The van der Waals surface area contributed by atoms with Gasteiger partial charge in [-0.2, -0.15) is 0 Å². The van der Waals surface area contributed by atoms with Gasteiger partial charge in [-0.15, -0.1) is 0 Å². The number of hydrogen-bond acceptors (Lipinski definition) is 1. The normalized spacial score (nSPS) is 24.5. The molecule has 0 bridgehead atoms. The first-order valence-electron chi connectivity index (χ1n) is 6.24. The van der Waals surface area contributed by atoms with E-state index in [-0.39, 0.29) is 11.4 Å². The molecular formula is C14H19ClFN. The van der Waals surface area contributed by atoms with Gasteiger partial charge in [0.1, 0.15) is 5.82 Å². The molecule has 1 aliphatic heterocycles. The van der Waals surface area contributed by atoms with Gasteiger partial charge >= 0.3 is 0 Å². The Morgan fingerprint density at radius 2 is 2.24 bits per heavy atom. The van der Waals surface area contributed by atoms with Gasteiger partial charge in [0.15, 0.2) is 0 Å². The molecule has 94 valence electrons. The fraction of sp³-hybridized carbons (Fsp3) is 0.571. The summed E-state index contributed by atoms with van der Waals surface area (Å²) in [6.07, 6.45) is 3.07. The molecule has 2 rings (SSSR count). The molecule has 1 aromatic rings. The average molecular weight is 256 g/mol. The van der Waals surface area contributed by atoms with E-state index in [1.54, 1.807) is 6.07 Å². The zero-order valence-electron chi connectivity index (χ0n) is 10.4. The van der Waals surface area contributed by atoms with Crippen LogP contribution in [0.1, 0.15) is 38.7 Å². The van der Waals surface area contributed by atoms with Crippen molar-refractivity contribution in [2.45, 2.75) is 38.6 Å². The van der Waals surface area contributed by atoms with Crippen molar-refractivity contribution in [3.05, 3.63) is 34.6 Å². The number of benzene rings is 1. The summed E-state index contributed by atoms with van der Waals surface area (Å²) < 4.78 is 14.1. The number of halogens is 2. The molecule has 1 saturated heterocycles. The molecule has 3 heteroatoms. The minimum atomic E-state index is -0.192. The molecule has 0 spiro atoms. The van der Waals surface area contributed by atoms with E-state index in [1.807, 2.05) is 6.07 Å². The summed E-state index contributed by atoms with van der Waals surface area (Å²) in [5, 5.41) is 3.96. The lowest BCUT2D eigenvalue weighted by Gasteiger charge is -2.32. The standard InChI is InChI=1S/C14H19ClFN/c1-10(2)9-14(6-3-7-17-14)12-5-4-11(15)8-13(12)16/h4-5,8,10,17H,3,6-7,9H2,1-2H3. The Morgan fingerprint density at radius 1 is 1.47 bits per heavy atom. The maximum atomic E-state index is 14.1. The van der Waals surface area contributed by atoms with E-state index in [0.29, 0.717) is 10.9 Å². The van der Waals surface area contributed by atoms with Crippen LogP contribution in [0.25, 0.3) is 0 Å². The number of nitrogens with one attached hydrogen (secondary N) is 1. The number of hydrogen-bond donors (Lipinski definition) is 1. The fourth-order valence-electron chi connectivity index (χ4n) is 2.89. The van der Waals surface area contributed by atoms with Crippen LogP contribution in [-0.2, 0) is 5.54 Å². The monoisotopic (exact) mass is 255 g/mol. The van der Waals surface area contributed by atoms with Crippen molar-refractivity contribution in [2.24, 2.45) is 5.92 Å². The molecule has 1 aliphatic rings. The molecule has 1 nitrogen and oxygen atoms in total. The van der Waals surface area contributed by atoms with E-state index >= 15 is 0 Å². The Labute approximate surface area is 107 Å². The van der Waals surface area contributed by atoms with Gasteiger partial charge in [-0.25, -0.2) is 4.39 Å². The van der Waals surface area contributed by atoms with Crippen LogP contribution in [0.5, 0.6) is 0 Å². The van der Waals surface area contributed by atoms with Crippen LogP contribution in [0, 0.1) is 11.7 Å². The minimum absolute atomic E-state index is 0.187. The Kier molecular flexibility index (Phi) is 3.74. The van der Waals surface area contributed by atoms with Crippen molar-refractivity contribution in [2.75, 3.05) is 6.54 Å². The zero-order valence-corrected chi connectivity index (χ0v) is 11.1. The largest absolute Gasteiger partial charge is 0.307 e. The summed E-state index contributed by atoms with van der Waals surface area (Å²) in [4.78, 5) is 0. The van der Waals surface area contributed by atoms with Crippen LogP contribution >= 0.6 is 11.6 Å². The molecule has 1 unspecified atom stereocenters. The molecule has 1 heterocycles. The molecule has 1 fully saturated rings. The lowest BCUT2D eigenvalue weighted by Crippen LogP contribution is -2.38. The molecule has 1 N–H and O–H groups in total. The first kappa shape index (κ1) is 12.8. The zero-order chi connectivity index (χ0) is 12.5. The van der Waals surface area contributed by atoms with Crippen LogP contribution in [0.3, 0.4) is 0 Å². The van der Waals surface area contributed by atoms with Crippen LogP contribution < -0.4 is 5.32 Å². The highest BCUT2D eigenvalue weighted by atomic mass is 35.5. The Balaban J connectivity index is 2.38. The minimum Gasteiger partial charge on any atom is -0.307 e. The van der Waals surface area contributed by atoms with E-state index in [9.17, 15) is 4.39 Å². The van der Waals surface area contributed by atoms with Gasteiger partial charge in [0, 0.05) is 16.1 Å². The first-order chi connectivity index (χ1) is 8.03. The third kappa shape index (κ3) is 2.63. The molecule has 0 amide bonds. The maximum Gasteiger partial charge on any atom is 0.129 e. The van der Waals surface area contributed by atoms with Gasteiger partial charge in [-0.3, -0.25) is 0 Å². The highest BCUT2D eigenvalue weighted by Crippen LogP contribution is 2.38. The van der Waals surface area contributed by atoms with E-state index in [2.05, 4.69) is 19.2 Å². The highest BCUT2D eigenvalue weighted by Gasteiger charge is 2.37. The van der Waals surface area contributed by atoms with E-state index < -0.39 is 0 Å². The Bertz CT molecular complexity index is 397. The quantitative estimate of drug-likeness (QED) is 0.857. The van der Waals surface area contributed by atoms with Crippen LogP contribution in [0.15, 0.2) is 18.2 Å². The summed E-state index contributed by atoms with van der Waals surface area (Å²) in [7, 11) is 0. The van der Waals surface area contributed by atoms with Crippen LogP contribution in [0.2, 0.25) is 5.02 Å². The summed E-state index contributed by atoms with van der Waals surface area (Å²) in [6, 6.07) is 5.03. The van der Waals surface area contributed by atoms with E-state index in [0.717, 1.165) is 31.4 Å². The van der Waals surface area contributed by atoms with Crippen molar-refractivity contribution in [3.8, 4) is 0 Å². The summed E-state index contributed by atoms with van der Waals surface area (Å²) in [5.41, 5.74) is 0.580. The summed E-state index contributed by atoms with van der Waals surface area (Å²) in [5.74, 6) is 0.350. The average Bonchev–Trinajstić information content (AvgIpc) is 2.65. The third-order valence-corrected chi connectivity index (χ3v) is 3.68. The van der Waals surface area contributed by atoms with Crippen LogP contribution in [0.4, 0.5) is 4.39 Å². The first-order valence-corrected chi connectivity index (χ1v) is 6.62. The summed E-state index contributed by atoms with van der Waals surface area (Å²) in [6.45, 7) is 5.32. The maximum absolute atomic E-state index is 14.1. The van der Waals surface area contributed by atoms with Gasteiger partial charge in [0.2, 0.25) is 0 Å². The van der Waals surface area contributed by atoms with E-state index in [1.165, 1.54) is 6.07 Å². The SMILES string of the molecule is CC(C)CC1(c2ccc(Cl)cc2F)CCCN1. The van der Waals surface area contributed by atoms with Gasteiger partial charge < -0.3 is 5.32 Å². The molecule has 0 aromatic heterocycles. The Hall–Kier alpha value is -0.600. The van der Waals surface area contributed by atoms with Crippen molar-refractivity contribution < 1.29 is 4.39 Å². The molecule has 0 radical (unpaired) electrons. The third-order valence-electron chi connectivity index (χ3n) is 3.45. The second kappa shape index (κ2) is 4.95. The molecule has 17 heavy (non-hydrogen) atoms. The van der Waals surface area contributed by atoms with Crippen LogP contribution in [-0.4, -0.2) is 6.54 Å². The number of rotatable bonds is 3. The molecule has 1 aromatic carbocycles. The van der Waals surface area contributed by atoms with Crippen molar-refractivity contribution >= 4 is 11.6 Å².